The van der Waals surface area contributed by atoms with Gasteiger partial charge in [-0.1, -0.05) is 26.3 Å². The van der Waals surface area contributed by atoms with Gasteiger partial charge in [0.1, 0.15) is 11.8 Å². The summed E-state index contributed by atoms with van der Waals surface area (Å²) in [7, 11) is 0. The van der Waals surface area contributed by atoms with Gasteiger partial charge < -0.3 is 20.1 Å². The minimum Gasteiger partial charge on any atom is -0.484 e. The highest BCUT2D eigenvalue weighted by Crippen LogP contribution is 2.25. The van der Waals surface area contributed by atoms with Gasteiger partial charge in [0.15, 0.2) is 6.61 Å². The van der Waals surface area contributed by atoms with E-state index in [1.807, 2.05) is 13.0 Å². The van der Waals surface area contributed by atoms with E-state index < -0.39 is 17.9 Å². The number of carboxylic acids is 1. The van der Waals surface area contributed by atoms with Gasteiger partial charge in [-0.3, -0.25) is 9.59 Å². The van der Waals surface area contributed by atoms with E-state index in [-0.39, 0.29) is 18.4 Å². The molecule has 1 saturated heterocycles. The zero-order valence-electron chi connectivity index (χ0n) is 14.5. The first-order valence-electron chi connectivity index (χ1n) is 8.47. The predicted molar refractivity (Wildman–Crippen MR) is 92.5 cm³/mol. The van der Waals surface area contributed by atoms with Crippen LogP contribution in [-0.2, 0) is 14.4 Å². The molecule has 0 radical (unpaired) electrons. The van der Waals surface area contributed by atoms with Crippen LogP contribution in [-0.4, -0.2) is 42.1 Å². The number of aliphatic carboxylic acids is 1. The van der Waals surface area contributed by atoms with Gasteiger partial charge in [-0.05, 0) is 24.5 Å². The molecule has 1 aromatic carbocycles. The van der Waals surface area contributed by atoms with Crippen molar-refractivity contribution in [3.8, 4) is 5.75 Å². The molecule has 0 spiro atoms. The number of ether oxygens (including phenoxy) is 1. The normalized spacial score (nSPS) is 16.4. The molecule has 0 aliphatic carbocycles. The van der Waals surface area contributed by atoms with Crippen molar-refractivity contribution >= 4 is 23.5 Å². The molecule has 1 aliphatic rings. The lowest BCUT2D eigenvalue weighted by atomic mass is 9.99. The second-order valence-corrected chi connectivity index (χ2v) is 6.20. The molecule has 2 unspecified atom stereocenters. The Labute approximate surface area is 147 Å². The highest BCUT2D eigenvalue weighted by molar-refractivity contribution is 5.95. The maximum atomic E-state index is 12.0. The smallest absolute Gasteiger partial charge is 0.326 e. The first kappa shape index (κ1) is 18.8. The van der Waals surface area contributed by atoms with Crippen molar-refractivity contribution in [3.05, 3.63) is 24.3 Å². The molecule has 0 aromatic heterocycles. The van der Waals surface area contributed by atoms with Crippen LogP contribution in [0.3, 0.4) is 0 Å². The Balaban J connectivity index is 1.93. The zero-order valence-corrected chi connectivity index (χ0v) is 14.5. The van der Waals surface area contributed by atoms with Crippen LogP contribution in [0.25, 0.3) is 0 Å². The van der Waals surface area contributed by atoms with Gasteiger partial charge in [0, 0.05) is 24.7 Å². The Morgan fingerprint density at radius 3 is 2.76 bits per heavy atom. The van der Waals surface area contributed by atoms with Gasteiger partial charge in [0.05, 0.1) is 0 Å². The molecule has 25 heavy (non-hydrogen) atoms. The highest BCUT2D eigenvalue weighted by atomic mass is 16.5. The van der Waals surface area contributed by atoms with Crippen molar-refractivity contribution in [1.29, 1.82) is 0 Å². The number of nitrogens with one attached hydrogen (secondary N) is 1. The number of carboxylic acid groups (broad SMARTS) is 1. The topological polar surface area (TPSA) is 95.9 Å². The lowest BCUT2D eigenvalue weighted by molar-refractivity contribution is -0.143. The van der Waals surface area contributed by atoms with Gasteiger partial charge in [-0.2, -0.15) is 0 Å². The fourth-order valence-corrected chi connectivity index (χ4v) is 2.71. The van der Waals surface area contributed by atoms with Gasteiger partial charge in [0.25, 0.3) is 5.91 Å². The molecular weight excluding hydrogens is 324 g/mol. The SMILES string of the molecule is CCC(C)C(NC(=O)COc1cccc(N2CCCC2=O)c1)C(=O)O. The highest BCUT2D eigenvalue weighted by Gasteiger charge is 2.25. The van der Waals surface area contributed by atoms with Crippen LogP contribution in [0.4, 0.5) is 5.69 Å². The number of carbonyl (C=O) groups is 3. The third-order valence-electron chi connectivity index (χ3n) is 4.37. The molecule has 2 atom stereocenters. The quantitative estimate of drug-likeness (QED) is 0.747. The van der Waals surface area contributed by atoms with Crippen LogP contribution in [0.2, 0.25) is 0 Å². The van der Waals surface area contributed by atoms with Gasteiger partial charge >= 0.3 is 5.97 Å². The number of hydrogen-bond acceptors (Lipinski definition) is 4. The molecule has 2 amide bonds. The number of amides is 2. The number of nitrogens with zero attached hydrogens (tertiary/aromatic N) is 1. The molecule has 0 bridgehead atoms. The fraction of sp³-hybridized carbons (Fsp3) is 0.500. The Hall–Kier alpha value is -2.57. The van der Waals surface area contributed by atoms with Crippen LogP contribution in [0, 0.1) is 5.92 Å². The molecule has 2 N–H and O–H groups in total. The van der Waals surface area contributed by atoms with Crippen molar-refractivity contribution in [2.45, 2.75) is 39.2 Å². The number of carbonyl (C=O) groups excluding carboxylic acids is 2. The first-order chi connectivity index (χ1) is 11.9. The predicted octanol–water partition coefficient (Wildman–Crippen LogP) is 1.81. The summed E-state index contributed by atoms with van der Waals surface area (Å²) in [6.45, 7) is 4.04. The summed E-state index contributed by atoms with van der Waals surface area (Å²) in [5.74, 6) is -1.19. The van der Waals surface area contributed by atoms with E-state index in [9.17, 15) is 19.5 Å². The van der Waals surface area contributed by atoms with E-state index in [4.69, 9.17) is 4.74 Å². The van der Waals surface area contributed by atoms with E-state index in [1.165, 1.54) is 0 Å². The van der Waals surface area contributed by atoms with Crippen LogP contribution in [0.15, 0.2) is 24.3 Å². The Bertz CT molecular complexity index is 646. The second-order valence-electron chi connectivity index (χ2n) is 6.20. The molecule has 7 heteroatoms. The number of benzene rings is 1. The zero-order chi connectivity index (χ0) is 18.4. The molecular formula is C18H24N2O5. The van der Waals surface area contributed by atoms with Gasteiger partial charge in [-0.25, -0.2) is 4.79 Å². The molecule has 1 aromatic rings. The lowest BCUT2D eigenvalue weighted by Gasteiger charge is -2.20. The summed E-state index contributed by atoms with van der Waals surface area (Å²) < 4.78 is 5.45. The molecule has 0 saturated carbocycles. The standard InChI is InChI=1S/C18H24N2O5/c1-3-12(2)17(18(23)24)19-15(21)11-25-14-7-4-6-13(10-14)20-9-5-8-16(20)22/h4,6-7,10,12,17H,3,5,8-9,11H2,1-2H3,(H,19,21)(H,23,24). The van der Waals surface area contributed by atoms with Gasteiger partial charge in [0.2, 0.25) is 5.91 Å². The van der Waals surface area contributed by atoms with E-state index in [0.717, 1.165) is 12.1 Å². The Morgan fingerprint density at radius 1 is 1.40 bits per heavy atom. The van der Waals surface area contributed by atoms with Crippen LogP contribution in [0.5, 0.6) is 5.75 Å². The molecule has 7 nitrogen and oxygen atoms in total. The van der Waals surface area contributed by atoms with Crippen LogP contribution >= 0.6 is 0 Å². The van der Waals surface area contributed by atoms with Crippen LogP contribution < -0.4 is 15.0 Å². The Kier molecular flexibility index (Phi) is 6.38. The minimum atomic E-state index is -1.06. The largest absolute Gasteiger partial charge is 0.484 e. The maximum Gasteiger partial charge on any atom is 0.326 e. The average Bonchev–Trinajstić information content (AvgIpc) is 3.03. The maximum absolute atomic E-state index is 12.0. The van der Waals surface area contributed by atoms with Crippen molar-refractivity contribution in [3.63, 3.8) is 0 Å². The van der Waals surface area contributed by atoms with Crippen molar-refractivity contribution in [1.82, 2.24) is 5.32 Å². The third-order valence-corrected chi connectivity index (χ3v) is 4.37. The molecule has 2 rings (SSSR count). The van der Waals surface area contributed by atoms with Crippen molar-refractivity contribution < 1.29 is 24.2 Å². The van der Waals surface area contributed by atoms with Crippen molar-refractivity contribution in [2.24, 2.45) is 5.92 Å². The van der Waals surface area contributed by atoms with Crippen molar-refractivity contribution in [2.75, 3.05) is 18.1 Å². The molecule has 1 heterocycles. The molecule has 1 aliphatic heterocycles. The fourth-order valence-electron chi connectivity index (χ4n) is 2.71. The van der Waals surface area contributed by atoms with E-state index in [1.54, 1.807) is 30.0 Å². The summed E-state index contributed by atoms with van der Waals surface area (Å²) in [6, 6.07) is 6.04. The molecule has 1 fully saturated rings. The average molecular weight is 348 g/mol. The second kappa shape index (κ2) is 8.50. The monoisotopic (exact) mass is 348 g/mol. The van der Waals surface area contributed by atoms with E-state index >= 15 is 0 Å². The van der Waals surface area contributed by atoms with Crippen LogP contribution in [0.1, 0.15) is 33.1 Å². The number of anilines is 1. The summed E-state index contributed by atoms with van der Waals surface area (Å²) in [4.78, 5) is 36.7. The molecule has 136 valence electrons. The number of rotatable bonds is 8. The number of hydrogen-bond donors (Lipinski definition) is 2. The summed E-state index contributed by atoms with van der Waals surface area (Å²) in [5.41, 5.74) is 0.739. The summed E-state index contributed by atoms with van der Waals surface area (Å²) >= 11 is 0. The van der Waals surface area contributed by atoms with E-state index in [0.29, 0.717) is 25.1 Å². The van der Waals surface area contributed by atoms with Gasteiger partial charge in [-0.15, -0.1) is 0 Å². The third kappa shape index (κ3) is 4.95. The first-order valence-corrected chi connectivity index (χ1v) is 8.47. The Morgan fingerprint density at radius 2 is 2.16 bits per heavy atom. The summed E-state index contributed by atoms with van der Waals surface area (Å²) in [6.07, 6.45) is 2.02. The summed E-state index contributed by atoms with van der Waals surface area (Å²) in [5, 5.41) is 11.7. The van der Waals surface area contributed by atoms with E-state index in [2.05, 4.69) is 5.32 Å². The lowest BCUT2D eigenvalue weighted by Crippen LogP contribution is -2.46. The minimum absolute atomic E-state index is 0.0766.